The lowest BCUT2D eigenvalue weighted by Crippen LogP contribution is -2.39. The summed E-state index contributed by atoms with van der Waals surface area (Å²) in [6.07, 6.45) is 0.337. The summed E-state index contributed by atoms with van der Waals surface area (Å²) in [4.78, 5) is 12.4. The summed E-state index contributed by atoms with van der Waals surface area (Å²) in [6.45, 7) is -0.101. The zero-order valence-electron chi connectivity index (χ0n) is 14.4. The highest BCUT2D eigenvalue weighted by atomic mass is 32.2. The van der Waals surface area contributed by atoms with Gasteiger partial charge in [0.05, 0.1) is 16.6 Å². The minimum atomic E-state index is -4.61. The number of amides is 1. The Labute approximate surface area is 155 Å². The van der Waals surface area contributed by atoms with Gasteiger partial charge >= 0.3 is 6.18 Å². The van der Waals surface area contributed by atoms with Crippen LogP contribution in [0, 0.1) is 0 Å². The van der Waals surface area contributed by atoms with E-state index < -0.39 is 32.7 Å². The number of aromatic nitrogens is 1. The molecule has 0 radical (unpaired) electrons. The number of hydrogen-bond acceptors (Lipinski definition) is 3. The molecule has 2 heterocycles. The Kier molecular flexibility index (Phi) is 5.32. The Morgan fingerprint density at radius 3 is 2.48 bits per heavy atom. The zero-order chi connectivity index (χ0) is 19.7. The normalized spacial score (nSPS) is 19.6. The third-order valence-electron chi connectivity index (χ3n) is 4.61. The van der Waals surface area contributed by atoms with Gasteiger partial charge in [0.15, 0.2) is 9.84 Å². The van der Waals surface area contributed by atoms with Gasteiger partial charge in [0.25, 0.3) is 5.91 Å². The summed E-state index contributed by atoms with van der Waals surface area (Å²) in [6, 6.07) is 6.40. The topological polar surface area (TPSA) is 68.2 Å². The van der Waals surface area contributed by atoms with E-state index >= 15 is 0 Å². The number of halogens is 3. The van der Waals surface area contributed by atoms with Crippen LogP contribution in [0.4, 0.5) is 13.2 Å². The number of carbonyl (C=O) groups is 1. The van der Waals surface area contributed by atoms with Gasteiger partial charge in [-0.05, 0) is 43.2 Å². The van der Waals surface area contributed by atoms with E-state index in [0.717, 1.165) is 18.6 Å². The highest BCUT2D eigenvalue weighted by Crippen LogP contribution is 2.31. The number of benzene rings is 1. The molecule has 27 heavy (non-hydrogen) atoms. The van der Waals surface area contributed by atoms with Gasteiger partial charge in [-0.1, -0.05) is 6.42 Å². The first-order chi connectivity index (χ1) is 12.7. The Balaban J connectivity index is 1.84. The van der Waals surface area contributed by atoms with Crippen LogP contribution in [0.2, 0.25) is 0 Å². The molecule has 0 aliphatic carbocycles. The second-order valence-electron chi connectivity index (χ2n) is 6.55. The number of carbonyl (C=O) groups excluding carboxylic acids is 1. The molecule has 9 heteroatoms. The average molecular weight is 400 g/mol. The molecule has 1 amide bonds. The third kappa shape index (κ3) is 4.52. The lowest BCUT2D eigenvalue weighted by Gasteiger charge is -2.22. The van der Waals surface area contributed by atoms with Crippen LogP contribution in [-0.4, -0.2) is 36.4 Å². The van der Waals surface area contributed by atoms with E-state index in [2.05, 4.69) is 5.32 Å². The summed E-state index contributed by atoms with van der Waals surface area (Å²) in [5.74, 6) is -0.648. The van der Waals surface area contributed by atoms with Gasteiger partial charge in [0.1, 0.15) is 0 Å². The smallest absolute Gasteiger partial charge is 0.351 e. The van der Waals surface area contributed by atoms with Crippen LogP contribution in [0.25, 0.3) is 5.69 Å². The van der Waals surface area contributed by atoms with Crippen molar-refractivity contribution in [2.75, 3.05) is 12.3 Å². The first kappa shape index (κ1) is 19.5. The molecule has 3 rings (SSSR count). The fourth-order valence-electron chi connectivity index (χ4n) is 3.12. The molecule has 146 valence electrons. The summed E-state index contributed by atoms with van der Waals surface area (Å²) in [5.41, 5.74) is -0.906. The van der Waals surface area contributed by atoms with Crippen molar-refractivity contribution in [1.29, 1.82) is 0 Å². The van der Waals surface area contributed by atoms with Gasteiger partial charge in [0, 0.05) is 30.2 Å². The zero-order valence-corrected chi connectivity index (χ0v) is 15.2. The first-order valence-electron chi connectivity index (χ1n) is 8.52. The molecule has 1 saturated heterocycles. The van der Waals surface area contributed by atoms with E-state index in [1.807, 2.05) is 0 Å². The van der Waals surface area contributed by atoms with Crippen molar-refractivity contribution in [1.82, 2.24) is 9.88 Å². The van der Waals surface area contributed by atoms with Crippen LogP contribution < -0.4 is 5.32 Å². The number of rotatable bonds is 4. The van der Waals surface area contributed by atoms with Crippen molar-refractivity contribution in [3.8, 4) is 5.69 Å². The van der Waals surface area contributed by atoms with E-state index in [9.17, 15) is 26.4 Å². The maximum atomic E-state index is 13.2. The van der Waals surface area contributed by atoms with Crippen LogP contribution in [0.5, 0.6) is 0 Å². The van der Waals surface area contributed by atoms with Crippen LogP contribution in [0.15, 0.2) is 42.7 Å². The fourth-order valence-corrected chi connectivity index (χ4v) is 4.92. The van der Waals surface area contributed by atoms with Gasteiger partial charge in [0.2, 0.25) is 0 Å². The molecule has 1 unspecified atom stereocenters. The summed E-state index contributed by atoms with van der Waals surface area (Å²) >= 11 is 0. The van der Waals surface area contributed by atoms with Crippen LogP contribution >= 0.6 is 0 Å². The molecular weight excluding hydrogens is 381 g/mol. The van der Waals surface area contributed by atoms with E-state index in [1.165, 1.54) is 10.6 Å². The highest BCUT2D eigenvalue weighted by Gasteiger charge is 2.33. The molecule has 5 nitrogen and oxygen atoms in total. The molecule has 1 aliphatic rings. The van der Waals surface area contributed by atoms with Gasteiger partial charge in [-0.3, -0.25) is 4.79 Å². The maximum Gasteiger partial charge on any atom is 0.416 e. The molecule has 1 aromatic heterocycles. The van der Waals surface area contributed by atoms with E-state index in [1.54, 1.807) is 24.5 Å². The quantitative estimate of drug-likeness (QED) is 0.857. The number of alkyl halides is 3. The molecule has 1 aromatic carbocycles. The Hall–Kier alpha value is -2.29. The molecular formula is C18H19F3N2O3S. The summed E-state index contributed by atoms with van der Waals surface area (Å²) < 4.78 is 65.1. The van der Waals surface area contributed by atoms with E-state index in [-0.39, 0.29) is 23.5 Å². The summed E-state index contributed by atoms with van der Waals surface area (Å²) in [7, 11) is -3.28. The number of nitrogens with zero attached hydrogens (tertiary/aromatic N) is 1. The fraction of sp³-hybridized carbons (Fsp3) is 0.389. The van der Waals surface area contributed by atoms with E-state index in [0.29, 0.717) is 12.8 Å². The van der Waals surface area contributed by atoms with Crippen LogP contribution in [0.1, 0.15) is 35.2 Å². The highest BCUT2D eigenvalue weighted by molar-refractivity contribution is 7.92. The van der Waals surface area contributed by atoms with Crippen molar-refractivity contribution in [2.24, 2.45) is 0 Å². The first-order valence-corrected chi connectivity index (χ1v) is 10.2. The SMILES string of the molecule is O=C(NCC1CCCCS1(=O)=O)c1cc(-n2cccc2)cc(C(F)(F)F)c1. The second-order valence-corrected chi connectivity index (χ2v) is 8.95. The molecule has 1 atom stereocenters. The minimum absolute atomic E-state index is 0.0782. The average Bonchev–Trinajstić information content (AvgIpc) is 3.13. The van der Waals surface area contributed by atoms with Crippen molar-refractivity contribution in [2.45, 2.75) is 30.7 Å². The number of hydrogen-bond donors (Lipinski definition) is 1. The van der Waals surface area contributed by atoms with Gasteiger partial charge in [-0.25, -0.2) is 8.42 Å². The van der Waals surface area contributed by atoms with Crippen molar-refractivity contribution >= 4 is 15.7 Å². The molecule has 0 spiro atoms. The predicted molar refractivity (Wildman–Crippen MR) is 94.5 cm³/mol. The van der Waals surface area contributed by atoms with Crippen molar-refractivity contribution in [3.05, 3.63) is 53.9 Å². The standard InChI is InChI=1S/C18H19F3N2O3S/c19-18(20,21)14-9-13(10-15(11-14)23-6-2-3-7-23)17(24)22-12-16-5-1-4-8-27(16,25)26/h2-3,6-7,9-11,16H,1,4-5,8,12H2,(H,22,24). The molecule has 1 fully saturated rings. The van der Waals surface area contributed by atoms with Gasteiger partial charge < -0.3 is 9.88 Å². The van der Waals surface area contributed by atoms with Crippen LogP contribution in [-0.2, 0) is 16.0 Å². The predicted octanol–water partition coefficient (Wildman–Crippen LogP) is 3.19. The molecule has 0 bridgehead atoms. The Morgan fingerprint density at radius 1 is 1.15 bits per heavy atom. The lowest BCUT2D eigenvalue weighted by molar-refractivity contribution is -0.137. The van der Waals surface area contributed by atoms with Crippen molar-refractivity contribution in [3.63, 3.8) is 0 Å². The van der Waals surface area contributed by atoms with Crippen molar-refractivity contribution < 1.29 is 26.4 Å². The Bertz CT molecular complexity index is 922. The second kappa shape index (κ2) is 7.38. The monoisotopic (exact) mass is 400 g/mol. The maximum absolute atomic E-state index is 13.2. The van der Waals surface area contributed by atoms with E-state index in [4.69, 9.17) is 0 Å². The van der Waals surface area contributed by atoms with Gasteiger partial charge in [-0.15, -0.1) is 0 Å². The molecule has 1 aliphatic heterocycles. The molecule has 0 saturated carbocycles. The minimum Gasteiger partial charge on any atom is -0.351 e. The van der Waals surface area contributed by atoms with Crippen LogP contribution in [0.3, 0.4) is 0 Å². The molecule has 2 aromatic rings. The largest absolute Gasteiger partial charge is 0.416 e. The number of nitrogens with one attached hydrogen (secondary N) is 1. The molecule has 1 N–H and O–H groups in total. The number of sulfone groups is 1. The van der Waals surface area contributed by atoms with Gasteiger partial charge in [-0.2, -0.15) is 13.2 Å². The lowest BCUT2D eigenvalue weighted by atomic mass is 10.1. The third-order valence-corrected chi connectivity index (χ3v) is 6.89. The summed E-state index contributed by atoms with van der Waals surface area (Å²) in [5, 5.41) is 1.79. The Morgan fingerprint density at radius 2 is 1.85 bits per heavy atom.